The molecule has 1 aromatic carbocycles. The number of carbonyl (C=O) groups is 2. The molecule has 7 nitrogen and oxygen atoms in total. The van der Waals surface area contributed by atoms with Gasteiger partial charge in [-0.3, -0.25) is 9.59 Å². The highest BCUT2D eigenvalue weighted by atomic mass is 32.2. The van der Waals surface area contributed by atoms with Gasteiger partial charge in [-0.2, -0.15) is 0 Å². The van der Waals surface area contributed by atoms with Crippen LogP contribution in [0.5, 0.6) is 0 Å². The summed E-state index contributed by atoms with van der Waals surface area (Å²) >= 11 is 0. The average Bonchev–Trinajstić information content (AvgIpc) is 2.66. The molecule has 4 unspecified atom stereocenters. The minimum Gasteiger partial charge on any atom is -0.353 e. The highest BCUT2D eigenvalue weighted by Crippen LogP contribution is 2.44. The van der Waals surface area contributed by atoms with Crippen LogP contribution in [-0.4, -0.2) is 50.7 Å². The largest absolute Gasteiger partial charge is 0.353 e. The van der Waals surface area contributed by atoms with Gasteiger partial charge in [0.15, 0.2) is 0 Å². The predicted molar refractivity (Wildman–Crippen MR) is 115 cm³/mol. The van der Waals surface area contributed by atoms with E-state index in [9.17, 15) is 18.0 Å². The molecule has 0 bridgehead atoms. The third-order valence-corrected chi connectivity index (χ3v) is 8.34. The van der Waals surface area contributed by atoms with Crippen molar-refractivity contribution < 1.29 is 18.0 Å². The van der Waals surface area contributed by atoms with Crippen LogP contribution in [0.1, 0.15) is 56.8 Å². The van der Waals surface area contributed by atoms with Gasteiger partial charge in [-0.05, 0) is 60.8 Å². The lowest BCUT2D eigenvalue weighted by molar-refractivity contribution is -0.129. The van der Waals surface area contributed by atoms with E-state index in [4.69, 9.17) is 0 Å². The minimum absolute atomic E-state index is 0.0112. The molecular weight excluding hydrogens is 402 g/mol. The molecule has 1 saturated carbocycles. The van der Waals surface area contributed by atoms with Crippen LogP contribution >= 0.6 is 0 Å². The van der Waals surface area contributed by atoms with Gasteiger partial charge in [-0.15, -0.1) is 0 Å². The fraction of sp³-hybridized carbons (Fsp3) is 0.636. The van der Waals surface area contributed by atoms with Crippen molar-refractivity contribution in [3.63, 3.8) is 0 Å². The van der Waals surface area contributed by atoms with Gasteiger partial charge in [0.1, 0.15) is 0 Å². The van der Waals surface area contributed by atoms with Crippen LogP contribution in [0, 0.1) is 17.3 Å². The second kappa shape index (κ2) is 8.30. The highest BCUT2D eigenvalue weighted by Gasteiger charge is 2.45. The summed E-state index contributed by atoms with van der Waals surface area (Å²) in [4.78, 5) is 25.1. The lowest BCUT2D eigenvalue weighted by atomic mass is 9.62. The van der Waals surface area contributed by atoms with E-state index < -0.39 is 10.0 Å². The lowest BCUT2D eigenvalue weighted by Crippen LogP contribution is -2.57. The van der Waals surface area contributed by atoms with E-state index in [1.54, 1.807) is 0 Å². The highest BCUT2D eigenvalue weighted by molar-refractivity contribution is 7.89. The van der Waals surface area contributed by atoms with Crippen molar-refractivity contribution in [1.82, 2.24) is 14.9 Å². The molecule has 2 fully saturated rings. The second-order valence-electron chi connectivity index (χ2n) is 9.81. The maximum Gasteiger partial charge on any atom is 0.251 e. The summed E-state index contributed by atoms with van der Waals surface area (Å²) < 4.78 is 25.5. The molecule has 1 aromatic rings. The fourth-order valence-electron chi connectivity index (χ4n) is 4.80. The molecule has 2 N–H and O–H groups in total. The summed E-state index contributed by atoms with van der Waals surface area (Å²) in [5.41, 5.74) is 0.501. The summed E-state index contributed by atoms with van der Waals surface area (Å²) in [5.74, 6) is 0.660. The Balaban J connectivity index is 1.65. The van der Waals surface area contributed by atoms with Crippen molar-refractivity contribution in [2.45, 2.75) is 63.4 Å². The van der Waals surface area contributed by atoms with Gasteiger partial charge in [0, 0.05) is 38.2 Å². The first-order chi connectivity index (χ1) is 13.9. The Hall–Kier alpha value is -1.93. The first-order valence-corrected chi connectivity index (χ1v) is 12.0. The number of rotatable bonds is 4. The SMILES string of the molecule is CN(C)S(=O)(=O)c1ccc(C(=O)NC2CCC3C(C2)NC(=O)CC3C(C)(C)C)cc1. The summed E-state index contributed by atoms with van der Waals surface area (Å²) in [5, 5.41) is 6.20. The zero-order chi connectivity index (χ0) is 22.3. The number of nitrogens with zero attached hydrogens (tertiary/aromatic N) is 1. The monoisotopic (exact) mass is 435 g/mol. The Bertz CT molecular complexity index is 903. The second-order valence-corrected chi connectivity index (χ2v) is 12.0. The molecule has 4 atom stereocenters. The van der Waals surface area contributed by atoms with Gasteiger partial charge in [-0.1, -0.05) is 20.8 Å². The van der Waals surface area contributed by atoms with Gasteiger partial charge < -0.3 is 10.6 Å². The third kappa shape index (κ3) is 4.70. The predicted octanol–water partition coefficient (Wildman–Crippen LogP) is 2.39. The standard InChI is InChI=1S/C22H33N3O4S/c1-22(2,3)18-13-20(26)24-19-12-15(8-11-17(18)19)23-21(27)14-6-9-16(10-7-14)30(28,29)25(4)5/h6-7,9-10,15,17-19H,8,11-13H2,1-5H3,(H,23,27)(H,24,26). The maximum absolute atomic E-state index is 12.7. The van der Waals surface area contributed by atoms with Crippen LogP contribution in [0.3, 0.4) is 0 Å². The van der Waals surface area contributed by atoms with Crippen LogP contribution in [0.4, 0.5) is 0 Å². The van der Waals surface area contributed by atoms with E-state index in [2.05, 4.69) is 31.4 Å². The van der Waals surface area contributed by atoms with Gasteiger partial charge in [0.05, 0.1) is 4.90 Å². The van der Waals surface area contributed by atoms with Crippen molar-refractivity contribution >= 4 is 21.8 Å². The summed E-state index contributed by atoms with van der Waals surface area (Å²) in [6.45, 7) is 6.59. The van der Waals surface area contributed by atoms with Crippen LogP contribution in [0.2, 0.25) is 0 Å². The number of hydrogen-bond acceptors (Lipinski definition) is 4. The van der Waals surface area contributed by atoms with Gasteiger partial charge >= 0.3 is 0 Å². The van der Waals surface area contributed by atoms with Crippen molar-refractivity contribution in [3.8, 4) is 0 Å². The smallest absolute Gasteiger partial charge is 0.251 e. The zero-order valence-corrected chi connectivity index (χ0v) is 19.3. The van der Waals surface area contributed by atoms with Crippen molar-refractivity contribution in [1.29, 1.82) is 0 Å². The number of benzene rings is 1. The number of piperidine rings is 1. The van der Waals surface area contributed by atoms with Crippen LogP contribution in [0.25, 0.3) is 0 Å². The molecule has 166 valence electrons. The molecule has 2 aliphatic rings. The molecule has 1 saturated heterocycles. The number of amides is 2. The van der Waals surface area contributed by atoms with E-state index in [-0.39, 0.29) is 34.2 Å². The Labute approximate surface area is 179 Å². The molecule has 0 radical (unpaired) electrons. The molecule has 30 heavy (non-hydrogen) atoms. The Morgan fingerprint density at radius 3 is 2.33 bits per heavy atom. The van der Waals surface area contributed by atoms with Gasteiger partial charge in [0.25, 0.3) is 5.91 Å². The van der Waals surface area contributed by atoms with Crippen molar-refractivity contribution in [3.05, 3.63) is 29.8 Å². The van der Waals surface area contributed by atoms with Crippen LogP contribution in [0.15, 0.2) is 29.2 Å². The van der Waals surface area contributed by atoms with Gasteiger partial charge in [0.2, 0.25) is 15.9 Å². The van der Waals surface area contributed by atoms with E-state index in [1.807, 2.05) is 0 Å². The molecule has 2 amide bonds. The number of nitrogens with one attached hydrogen (secondary N) is 2. The maximum atomic E-state index is 12.7. The van der Waals surface area contributed by atoms with E-state index in [1.165, 1.54) is 38.4 Å². The number of sulfonamides is 1. The van der Waals surface area contributed by atoms with Gasteiger partial charge in [-0.25, -0.2) is 12.7 Å². The summed E-state index contributed by atoms with van der Waals surface area (Å²) in [6, 6.07) is 6.06. The quantitative estimate of drug-likeness (QED) is 0.759. The average molecular weight is 436 g/mol. The summed E-state index contributed by atoms with van der Waals surface area (Å²) in [7, 11) is -0.576. The molecule has 1 aliphatic carbocycles. The fourth-order valence-corrected chi connectivity index (χ4v) is 5.70. The minimum atomic E-state index is -3.52. The first-order valence-electron chi connectivity index (χ1n) is 10.5. The van der Waals surface area contributed by atoms with Crippen LogP contribution < -0.4 is 10.6 Å². The summed E-state index contributed by atoms with van der Waals surface area (Å²) in [6.07, 6.45) is 3.14. The number of hydrogen-bond donors (Lipinski definition) is 2. The van der Waals surface area contributed by atoms with Crippen LogP contribution in [-0.2, 0) is 14.8 Å². The van der Waals surface area contributed by atoms with Crippen molar-refractivity contribution in [2.75, 3.05) is 14.1 Å². The Morgan fingerprint density at radius 2 is 1.77 bits per heavy atom. The number of fused-ring (bicyclic) bond motifs is 1. The molecular formula is C22H33N3O4S. The van der Waals surface area contributed by atoms with Crippen molar-refractivity contribution in [2.24, 2.45) is 17.3 Å². The molecule has 3 rings (SSSR count). The molecule has 1 heterocycles. The Morgan fingerprint density at radius 1 is 1.13 bits per heavy atom. The van der Waals surface area contributed by atoms with E-state index >= 15 is 0 Å². The normalized spacial score (nSPS) is 27.3. The molecule has 0 spiro atoms. The molecule has 0 aromatic heterocycles. The Kier molecular flexibility index (Phi) is 6.30. The number of carbonyl (C=O) groups excluding carboxylic acids is 2. The first kappa shape index (κ1) is 22.7. The van der Waals surface area contributed by atoms with E-state index in [0.29, 0.717) is 23.8 Å². The third-order valence-electron chi connectivity index (χ3n) is 6.51. The topological polar surface area (TPSA) is 95.6 Å². The molecule has 1 aliphatic heterocycles. The lowest BCUT2D eigenvalue weighted by Gasteiger charge is -2.48. The van der Waals surface area contributed by atoms with E-state index in [0.717, 1.165) is 23.6 Å². The molecule has 8 heteroatoms. The zero-order valence-electron chi connectivity index (χ0n) is 18.4.